The maximum Gasteiger partial charge on any atom is 0.302 e. The average Bonchev–Trinajstić information content (AvgIpc) is 3.37. The summed E-state index contributed by atoms with van der Waals surface area (Å²) in [4.78, 5) is 11.4. The molecular weight excluding hydrogens is 296 g/mol. The Balaban J connectivity index is 1.79. The average molecular weight is 324 g/mol. The van der Waals surface area contributed by atoms with Crippen LogP contribution in [0, 0.1) is 5.92 Å². The van der Waals surface area contributed by atoms with E-state index in [0.29, 0.717) is 0 Å². The molecule has 2 aliphatic heterocycles. The molecule has 3 fully saturated rings. The van der Waals surface area contributed by atoms with E-state index in [-0.39, 0.29) is 41.4 Å². The number of ether oxygens (including phenoxy) is 4. The van der Waals surface area contributed by atoms with E-state index in [4.69, 9.17) is 18.9 Å². The maximum absolute atomic E-state index is 11.4. The summed E-state index contributed by atoms with van der Waals surface area (Å²) in [6, 6.07) is 0. The fourth-order valence-electron chi connectivity index (χ4n) is 4.28. The molecule has 6 atom stereocenters. The molecule has 2 saturated heterocycles. The van der Waals surface area contributed by atoms with Crippen LogP contribution in [0.15, 0.2) is 11.6 Å². The predicted molar refractivity (Wildman–Crippen MR) is 85.1 cm³/mol. The standard InChI is InChI=1S/C18H28O5/c1-11(2)6-7-14-17(4,23-14)16-15(20-5)13(22-12(3)19)8-9-18(16)10-21-18/h6,13-16H,7-10H2,1-5H3/t13-,14-,15-,16-,17+,18?/m1/s1. The first-order valence-electron chi connectivity index (χ1n) is 8.47. The van der Waals surface area contributed by atoms with Gasteiger partial charge in [0.1, 0.15) is 23.4 Å². The molecule has 3 rings (SSSR count). The normalized spacial score (nSPS) is 44.7. The Kier molecular flexibility index (Phi) is 4.32. The van der Waals surface area contributed by atoms with Gasteiger partial charge in [-0.25, -0.2) is 0 Å². The zero-order chi connectivity index (χ0) is 16.8. The Morgan fingerprint density at radius 2 is 2.04 bits per heavy atom. The fourth-order valence-corrected chi connectivity index (χ4v) is 4.28. The minimum Gasteiger partial charge on any atom is -0.460 e. The number of hydrogen-bond acceptors (Lipinski definition) is 5. The monoisotopic (exact) mass is 324 g/mol. The third-order valence-corrected chi connectivity index (χ3v) is 5.55. The van der Waals surface area contributed by atoms with Crippen LogP contribution in [0.1, 0.15) is 47.0 Å². The Labute approximate surface area is 138 Å². The van der Waals surface area contributed by atoms with Crippen LogP contribution >= 0.6 is 0 Å². The minimum absolute atomic E-state index is 0.0914. The number of allylic oxidation sites excluding steroid dienone is 1. The van der Waals surface area contributed by atoms with Gasteiger partial charge in [0.2, 0.25) is 0 Å². The molecule has 0 amide bonds. The number of epoxide rings is 2. The van der Waals surface area contributed by atoms with Crippen molar-refractivity contribution in [3.05, 3.63) is 11.6 Å². The van der Waals surface area contributed by atoms with Gasteiger partial charge in [-0.05, 0) is 40.0 Å². The van der Waals surface area contributed by atoms with Crippen LogP contribution in [0.25, 0.3) is 0 Å². The van der Waals surface area contributed by atoms with Crippen LogP contribution < -0.4 is 0 Å². The van der Waals surface area contributed by atoms with Crippen molar-refractivity contribution < 1.29 is 23.7 Å². The second-order valence-electron chi connectivity index (χ2n) is 7.53. The van der Waals surface area contributed by atoms with Gasteiger partial charge in [-0.15, -0.1) is 0 Å². The zero-order valence-corrected chi connectivity index (χ0v) is 14.8. The SMILES string of the molecule is CO[C@@H]1[C@H](OC(C)=O)CCC2(CO2)[C@H]1[C@@]1(C)O[C@@H]1CC=C(C)C. The summed E-state index contributed by atoms with van der Waals surface area (Å²) < 4.78 is 23.3. The third-order valence-electron chi connectivity index (χ3n) is 5.55. The minimum atomic E-state index is -0.276. The van der Waals surface area contributed by atoms with Crippen molar-refractivity contribution in [2.45, 2.75) is 76.5 Å². The van der Waals surface area contributed by atoms with Crippen LogP contribution in [-0.2, 0) is 23.7 Å². The third kappa shape index (κ3) is 3.06. The Bertz CT molecular complexity index is 506. The summed E-state index contributed by atoms with van der Waals surface area (Å²) in [5.74, 6) is -0.167. The topological polar surface area (TPSA) is 60.6 Å². The molecule has 1 aliphatic carbocycles. The number of carbonyl (C=O) groups is 1. The van der Waals surface area contributed by atoms with Crippen molar-refractivity contribution in [3.63, 3.8) is 0 Å². The Morgan fingerprint density at radius 3 is 2.57 bits per heavy atom. The Morgan fingerprint density at radius 1 is 1.35 bits per heavy atom. The van der Waals surface area contributed by atoms with E-state index in [1.54, 1.807) is 7.11 Å². The van der Waals surface area contributed by atoms with Crippen LogP contribution in [0.4, 0.5) is 0 Å². The Hall–Kier alpha value is -0.910. The molecule has 2 heterocycles. The molecule has 0 aromatic heterocycles. The van der Waals surface area contributed by atoms with Crippen molar-refractivity contribution in [2.75, 3.05) is 13.7 Å². The molecule has 1 spiro atoms. The largest absolute Gasteiger partial charge is 0.460 e. The van der Waals surface area contributed by atoms with Gasteiger partial charge in [-0.1, -0.05) is 11.6 Å². The summed E-state index contributed by atoms with van der Waals surface area (Å²) in [5.41, 5.74) is 0.859. The lowest BCUT2D eigenvalue weighted by Gasteiger charge is -2.42. The fraction of sp³-hybridized carbons (Fsp3) is 0.833. The molecule has 0 aromatic carbocycles. The first-order chi connectivity index (χ1) is 10.8. The van der Waals surface area contributed by atoms with Crippen molar-refractivity contribution in [3.8, 4) is 0 Å². The van der Waals surface area contributed by atoms with Gasteiger partial charge in [0, 0.05) is 14.0 Å². The highest BCUT2D eigenvalue weighted by molar-refractivity contribution is 5.66. The van der Waals surface area contributed by atoms with Gasteiger partial charge in [0.15, 0.2) is 0 Å². The van der Waals surface area contributed by atoms with Crippen molar-refractivity contribution in [1.82, 2.24) is 0 Å². The van der Waals surface area contributed by atoms with Crippen molar-refractivity contribution in [2.24, 2.45) is 5.92 Å². The number of esters is 1. The number of rotatable bonds is 5. The van der Waals surface area contributed by atoms with Gasteiger partial charge in [0.05, 0.1) is 18.6 Å². The lowest BCUT2D eigenvalue weighted by Crippen LogP contribution is -2.55. The first-order valence-corrected chi connectivity index (χ1v) is 8.47. The second kappa shape index (κ2) is 5.87. The second-order valence-corrected chi connectivity index (χ2v) is 7.53. The van der Waals surface area contributed by atoms with E-state index in [1.165, 1.54) is 12.5 Å². The highest BCUT2D eigenvalue weighted by Gasteiger charge is 2.72. The van der Waals surface area contributed by atoms with Gasteiger partial charge >= 0.3 is 5.97 Å². The predicted octanol–water partition coefficient (Wildman–Crippen LogP) is 2.63. The lowest BCUT2D eigenvalue weighted by molar-refractivity contribution is -0.169. The van der Waals surface area contributed by atoms with Gasteiger partial charge in [0.25, 0.3) is 0 Å². The summed E-state index contributed by atoms with van der Waals surface area (Å²) in [7, 11) is 1.69. The maximum atomic E-state index is 11.4. The molecule has 130 valence electrons. The highest BCUT2D eigenvalue weighted by Crippen LogP contribution is 2.59. The number of carbonyl (C=O) groups excluding carboxylic acids is 1. The molecule has 23 heavy (non-hydrogen) atoms. The van der Waals surface area contributed by atoms with Gasteiger partial charge in [-0.3, -0.25) is 4.79 Å². The van der Waals surface area contributed by atoms with Crippen LogP contribution in [-0.4, -0.2) is 49.2 Å². The van der Waals surface area contributed by atoms with Crippen LogP contribution in [0.5, 0.6) is 0 Å². The molecule has 3 aliphatic rings. The molecular formula is C18H28O5. The number of methoxy groups -OCH3 is 1. The quantitative estimate of drug-likeness (QED) is 0.442. The summed E-state index contributed by atoms with van der Waals surface area (Å²) >= 11 is 0. The van der Waals surface area contributed by atoms with Crippen LogP contribution in [0.2, 0.25) is 0 Å². The van der Waals surface area contributed by atoms with E-state index in [2.05, 4.69) is 26.8 Å². The smallest absolute Gasteiger partial charge is 0.302 e. The molecule has 1 unspecified atom stereocenters. The molecule has 0 radical (unpaired) electrons. The summed E-state index contributed by atoms with van der Waals surface area (Å²) in [6.07, 6.45) is 4.56. The first kappa shape index (κ1) is 16.9. The van der Waals surface area contributed by atoms with E-state index in [0.717, 1.165) is 25.9 Å². The number of hydrogen-bond donors (Lipinski definition) is 0. The van der Waals surface area contributed by atoms with E-state index >= 15 is 0 Å². The zero-order valence-electron chi connectivity index (χ0n) is 14.8. The molecule has 1 saturated carbocycles. The van der Waals surface area contributed by atoms with Gasteiger partial charge < -0.3 is 18.9 Å². The molecule has 0 aromatic rings. The highest BCUT2D eigenvalue weighted by atomic mass is 16.6. The van der Waals surface area contributed by atoms with E-state index in [9.17, 15) is 4.79 Å². The molecule has 0 bridgehead atoms. The molecule has 0 N–H and O–H groups in total. The van der Waals surface area contributed by atoms with Crippen LogP contribution in [0.3, 0.4) is 0 Å². The summed E-state index contributed by atoms with van der Waals surface area (Å²) in [6.45, 7) is 8.54. The molecule has 5 nitrogen and oxygen atoms in total. The van der Waals surface area contributed by atoms with E-state index in [1.807, 2.05) is 0 Å². The molecule has 5 heteroatoms. The summed E-state index contributed by atoms with van der Waals surface area (Å²) in [5, 5.41) is 0. The lowest BCUT2D eigenvalue weighted by atomic mass is 9.68. The van der Waals surface area contributed by atoms with E-state index < -0.39 is 0 Å². The van der Waals surface area contributed by atoms with Gasteiger partial charge in [-0.2, -0.15) is 0 Å². The van der Waals surface area contributed by atoms with Crippen molar-refractivity contribution in [1.29, 1.82) is 0 Å². The van der Waals surface area contributed by atoms with Crippen molar-refractivity contribution >= 4 is 5.97 Å².